The largest absolute Gasteiger partial charge is 0.494 e. The van der Waals surface area contributed by atoms with Crippen molar-refractivity contribution in [3.63, 3.8) is 0 Å². The molecule has 0 radical (unpaired) electrons. The van der Waals surface area contributed by atoms with Gasteiger partial charge in [-0.15, -0.1) is 0 Å². The first-order valence-electron chi connectivity index (χ1n) is 13.2. The SMILES string of the molecule is O=C(NC1CC1)[C@]1(CCS(=O)(=O)c2ccccc2)N=C(c2ccc(OCCCO)cc2)O[C@@H]1c1ccccc1. The lowest BCUT2D eigenvalue weighted by Crippen LogP contribution is -2.50. The number of carbonyl (C=O) groups is 1. The van der Waals surface area contributed by atoms with Crippen molar-refractivity contribution in [3.05, 3.63) is 96.1 Å². The van der Waals surface area contributed by atoms with E-state index < -0.39 is 21.5 Å². The molecule has 1 amide bonds. The normalized spacial score (nSPS) is 20.6. The van der Waals surface area contributed by atoms with Crippen molar-refractivity contribution in [2.45, 2.75) is 48.3 Å². The molecule has 2 aliphatic rings. The van der Waals surface area contributed by atoms with Gasteiger partial charge in [-0.1, -0.05) is 48.5 Å². The van der Waals surface area contributed by atoms with E-state index in [1.165, 1.54) is 0 Å². The van der Waals surface area contributed by atoms with Crippen LogP contribution in [-0.4, -0.2) is 55.9 Å². The average molecular weight is 549 g/mol. The molecule has 0 saturated heterocycles. The number of rotatable bonds is 12. The molecular formula is C30H32N2O6S. The fraction of sp³-hybridized carbons (Fsp3) is 0.333. The number of amides is 1. The number of aliphatic hydroxyl groups excluding tert-OH is 1. The summed E-state index contributed by atoms with van der Waals surface area (Å²) in [5.74, 6) is 0.308. The summed E-state index contributed by atoms with van der Waals surface area (Å²) in [4.78, 5) is 19.0. The zero-order chi connectivity index (χ0) is 27.3. The van der Waals surface area contributed by atoms with E-state index in [2.05, 4.69) is 5.32 Å². The van der Waals surface area contributed by atoms with E-state index in [0.717, 1.165) is 18.4 Å². The van der Waals surface area contributed by atoms with E-state index in [4.69, 9.17) is 19.6 Å². The number of hydrogen-bond donors (Lipinski definition) is 2. The van der Waals surface area contributed by atoms with Gasteiger partial charge in [0.05, 0.1) is 17.3 Å². The lowest BCUT2D eigenvalue weighted by atomic mass is 9.85. The number of nitrogens with one attached hydrogen (secondary N) is 1. The van der Waals surface area contributed by atoms with Crippen molar-refractivity contribution >= 4 is 21.6 Å². The molecule has 3 aromatic carbocycles. The Morgan fingerprint density at radius 2 is 1.67 bits per heavy atom. The fourth-order valence-corrected chi connectivity index (χ4v) is 5.96. The number of sulfone groups is 1. The van der Waals surface area contributed by atoms with Crippen LogP contribution in [0.2, 0.25) is 0 Å². The van der Waals surface area contributed by atoms with Crippen LogP contribution in [0.1, 0.15) is 42.9 Å². The van der Waals surface area contributed by atoms with Crippen LogP contribution in [0.15, 0.2) is 94.8 Å². The molecule has 9 heteroatoms. The number of ether oxygens (including phenoxy) is 2. The number of aliphatic hydroxyl groups is 1. The molecule has 0 spiro atoms. The standard InChI is InChI=1S/C30H32N2O6S/c33-19-7-20-37-25-16-12-23(13-17-25)28-32-30(29(34)31-24-14-15-24,27(38-28)22-8-3-1-4-9-22)18-21-39(35,36)26-10-5-2-6-11-26/h1-6,8-13,16-17,24,27,33H,7,14-15,18-21H2,(H,31,34)/t27-,30-/m1/s1. The Bertz CT molecular complexity index is 1410. The highest BCUT2D eigenvalue weighted by Crippen LogP contribution is 2.43. The van der Waals surface area contributed by atoms with Crippen molar-refractivity contribution in [2.24, 2.45) is 4.99 Å². The van der Waals surface area contributed by atoms with Gasteiger partial charge >= 0.3 is 0 Å². The van der Waals surface area contributed by atoms with Crippen molar-refractivity contribution in [2.75, 3.05) is 19.0 Å². The van der Waals surface area contributed by atoms with Crippen LogP contribution < -0.4 is 10.1 Å². The first-order chi connectivity index (χ1) is 18.9. The summed E-state index contributed by atoms with van der Waals surface area (Å²) < 4.78 is 38.6. The number of hydrogen-bond acceptors (Lipinski definition) is 7. The van der Waals surface area contributed by atoms with Crippen molar-refractivity contribution < 1.29 is 27.8 Å². The van der Waals surface area contributed by atoms with Gasteiger partial charge in [-0.3, -0.25) is 4.79 Å². The Hall–Kier alpha value is -3.69. The second kappa shape index (κ2) is 11.6. The third-order valence-electron chi connectivity index (χ3n) is 6.90. The van der Waals surface area contributed by atoms with Gasteiger partial charge in [0.2, 0.25) is 5.90 Å². The van der Waals surface area contributed by atoms with E-state index in [9.17, 15) is 13.2 Å². The first-order valence-corrected chi connectivity index (χ1v) is 14.8. The van der Waals surface area contributed by atoms with Gasteiger partial charge in [-0.2, -0.15) is 0 Å². The molecule has 3 aromatic rings. The molecule has 0 unspecified atom stereocenters. The monoisotopic (exact) mass is 548 g/mol. The lowest BCUT2D eigenvalue weighted by Gasteiger charge is -2.30. The smallest absolute Gasteiger partial charge is 0.252 e. The molecule has 8 nitrogen and oxygen atoms in total. The van der Waals surface area contributed by atoms with Crippen LogP contribution in [0.4, 0.5) is 0 Å². The van der Waals surface area contributed by atoms with Crippen molar-refractivity contribution in [1.29, 1.82) is 0 Å². The molecule has 2 N–H and O–H groups in total. The predicted molar refractivity (Wildman–Crippen MR) is 147 cm³/mol. The summed E-state index contributed by atoms with van der Waals surface area (Å²) in [6.07, 6.45) is 1.44. The minimum absolute atomic E-state index is 0.0474. The highest BCUT2D eigenvalue weighted by Gasteiger charge is 2.54. The van der Waals surface area contributed by atoms with Crippen LogP contribution in [0.5, 0.6) is 5.75 Å². The fourth-order valence-electron chi connectivity index (χ4n) is 4.57. The molecule has 0 aromatic heterocycles. The van der Waals surface area contributed by atoms with Crippen LogP contribution >= 0.6 is 0 Å². The summed E-state index contributed by atoms with van der Waals surface area (Å²) in [6.45, 7) is 0.443. The number of nitrogens with zero attached hydrogens (tertiary/aromatic N) is 1. The molecular weight excluding hydrogens is 516 g/mol. The quantitative estimate of drug-likeness (QED) is 0.333. The van der Waals surface area contributed by atoms with Gasteiger partial charge in [-0.05, 0) is 54.8 Å². The summed E-state index contributed by atoms with van der Waals surface area (Å²) in [5, 5.41) is 12.0. The Morgan fingerprint density at radius 3 is 2.31 bits per heavy atom. The first kappa shape index (κ1) is 26.9. The minimum Gasteiger partial charge on any atom is -0.494 e. The second-order valence-electron chi connectivity index (χ2n) is 9.83. The van der Waals surface area contributed by atoms with Gasteiger partial charge in [0.1, 0.15) is 5.75 Å². The van der Waals surface area contributed by atoms with Crippen LogP contribution in [0.3, 0.4) is 0 Å². The highest BCUT2D eigenvalue weighted by molar-refractivity contribution is 7.91. The molecule has 1 saturated carbocycles. The maximum absolute atomic E-state index is 13.9. The number of carbonyl (C=O) groups excluding carboxylic acids is 1. The summed E-state index contributed by atoms with van der Waals surface area (Å²) >= 11 is 0. The third-order valence-corrected chi connectivity index (χ3v) is 8.63. The van der Waals surface area contributed by atoms with Gasteiger partial charge in [-0.25, -0.2) is 13.4 Å². The van der Waals surface area contributed by atoms with Crippen molar-refractivity contribution in [1.82, 2.24) is 5.32 Å². The van der Waals surface area contributed by atoms with Crippen LogP contribution in [-0.2, 0) is 19.4 Å². The molecule has 204 valence electrons. The topological polar surface area (TPSA) is 114 Å². The average Bonchev–Trinajstić information content (AvgIpc) is 3.70. The Morgan fingerprint density at radius 1 is 1.00 bits per heavy atom. The molecule has 5 rings (SSSR count). The number of benzene rings is 3. The maximum Gasteiger partial charge on any atom is 0.252 e. The minimum atomic E-state index is -3.68. The second-order valence-corrected chi connectivity index (χ2v) is 11.9. The lowest BCUT2D eigenvalue weighted by molar-refractivity contribution is -0.129. The van der Waals surface area contributed by atoms with Gasteiger partial charge in [0, 0.05) is 31.1 Å². The van der Waals surface area contributed by atoms with Gasteiger partial charge < -0.3 is 19.9 Å². The Labute approximate surface area is 228 Å². The molecule has 1 fully saturated rings. The summed E-state index contributed by atoms with van der Waals surface area (Å²) in [7, 11) is -3.68. The molecule has 1 aliphatic heterocycles. The Balaban J connectivity index is 1.51. The molecule has 1 aliphatic carbocycles. The predicted octanol–water partition coefficient (Wildman–Crippen LogP) is 3.85. The van der Waals surface area contributed by atoms with Gasteiger partial charge in [0.25, 0.3) is 5.91 Å². The number of aliphatic imine (C=N–C) groups is 1. The van der Waals surface area contributed by atoms with Crippen molar-refractivity contribution in [3.8, 4) is 5.75 Å². The van der Waals surface area contributed by atoms with Crippen LogP contribution in [0.25, 0.3) is 0 Å². The summed E-state index contributed by atoms with van der Waals surface area (Å²) in [5.41, 5.74) is -0.0852. The summed E-state index contributed by atoms with van der Waals surface area (Å²) in [6, 6.07) is 24.8. The Kier molecular flexibility index (Phi) is 7.99. The van der Waals surface area contributed by atoms with Gasteiger partial charge in [0.15, 0.2) is 21.5 Å². The highest BCUT2D eigenvalue weighted by atomic mass is 32.2. The van der Waals surface area contributed by atoms with E-state index in [1.807, 2.05) is 30.3 Å². The van der Waals surface area contributed by atoms with E-state index in [1.54, 1.807) is 54.6 Å². The zero-order valence-corrected chi connectivity index (χ0v) is 22.3. The molecule has 2 atom stereocenters. The molecule has 1 heterocycles. The maximum atomic E-state index is 13.9. The van der Waals surface area contributed by atoms with E-state index >= 15 is 0 Å². The van der Waals surface area contributed by atoms with E-state index in [0.29, 0.717) is 24.3 Å². The third kappa shape index (κ3) is 6.15. The molecule has 39 heavy (non-hydrogen) atoms. The van der Waals surface area contributed by atoms with Crippen LogP contribution in [0, 0.1) is 0 Å². The zero-order valence-electron chi connectivity index (χ0n) is 21.5. The molecule has 0 bridgehead atoms. The van der Waals surface area contributed by atoms with E-state index in [-0.39, 0.29) is 41.5 Å².